The number of nitrogens with zero attached hydrogens (tertiary/aromatic N) is 3. The zero-order chi connectivity index (χ0) is 15.1. The number of amides is 2. The van der Waals surface area contributed by atoms with Crippen LogP contribution in [-0.4, -0.2) is 34.4 Å². The molecular formula is C14H19N5O3. The topological polar surface area (TPSA) is 125 Å². The number of carbonyl (C=O) groups excluding carboxylic acids is 2. The molecule has 1 fully saturated rings. The predicted molar refractivity (Wildman–Crippen MR) is 81.9 cm³/mol. The normalized spacial score (nSPS) is 17.7. The van der Waals surface area contributed by atoms with Gasteiger partial charge < -0.3 is 16.6 Å². The lowest BCUT2D eigenvalue weighted by molar-refractivity contribution is -0.124. The molecule has 1 aromatic heterocycles. The van der Waals surface area contributed by atoms with Crippen LogP contribution < -0.4 is 16.8 Å². The number of ether oxygens (including phenoxy) is 1. The van der Waals surface area contributed by atoms with Crippen molar-refractivity contribution in [3.8, 4) is 0 Å². The molecule has 0 unspecified atom stereocenters. The van der Waals surface area contributed by atoms with Gasteiger partial charge >= 0.3 is 6.09 Å². The lowest BCUT2D eigenvalue weighted by Crippen LogP contribution is -2.32. The summed E-state index contributed by atoms with van der Waals surface area (Å²) in [6.45, 7) is 4.24. The van der Waals surface area contributed by atoms with Gasteiger partial charge in [-0.2, -0.15) is 5.10 Å². The maximum atomic E-state index is 11.8. The van der Waals surface area contributed by atoms with Crippen LogP contribution in [0.3, 0.4) is 0 Å². The molecule has 118 valence electrons. The van der Waals surface area contributed by atoms with Crippen LogP contribution in [-0.2, 0) is 9.53 Å². The molecule has 8 nitrogen and oxygen atoms in total. The molecule has 22 heavy (non-hydrogen) atoms. The van der Waals surface area contributed by atoms with Crippen molar-refractivity contribution < 1.29 is 14.3 Å². The van der Waals surface area contributed by atoms with Gasteiger partial charge in [-0.25, -0.2) is 4.79 Å². The van der Waals surface area contributed by atoms with Crippen molar-refractivity contribution in [3.63, 3.8) is 0 Å². The Hall–Kier alpha value is -2.61. The monoisotopic (exact) mass is 305 g/mol. The molecule has 2 aromatic rings. The fourth-order valence-electron chi connectivity index (χ4n) is 2.44. The van der Waals surface area contributed by atoms with Crippen molar-refractivity contribution in [2.75, 3.05) is 11.4 Å². The van der Waals surface area contributed by atoms with E-state index in [-0.39, 0.29) is 18.7 Å². The molecule has 2 amide bonds. The quantitative estimate of drug-likeness (QED) is 0.890. The molecule has 1 saturated heterocycles. The van der Waals surface area contributed by atoms with E-state index in [0.29, 0.717) is 5.69 Å². The van der Waals surface area contributed by atoms with Crippen molar-refractivity contribution in [2.45, 2.75) is 26.0 Å². The molecule has 1 atom stereocenters. The maximum absolute atomic E-state index is 11.8. The van der Waals surface area contributed by atoms with E-state index >= 15 is 0 Å². The average Bonchev–Trinajstić information content (AvgIpc) is 3.01. The first kappa shape index (κ1) is 15.8. The van der Waals surface area contributed by atoms with Gasteiger partial charge in [-0.3, -0.25) is 14.4 Å². The fourth-order valence-corrected chi connectivity index (χ4v) is 2.44. The Morgan fingerprint density at radius 3 is 2.77 bits per heavy atom. The van der Waals surface area contributed by atoms with E-state index in [2.05, 4.69) is 18.9 Å². The number of cyclic esters (lactones) is 1. The number of primary amides is 1. The predicted octanol–water partition coefficient (Wildman–Crippen LogP) is 1.59. The summed E-state index contributed by atoms with van der Waals surface area (Å²) in [4.78, 5) is 24.3. The lowest BCUT2D eigenvalue weighted by atomic mass is 10.2. The van der Waals surface area contributed by atoms with Crippen LogP contribution in [0.5, 0.6) is 0 Å². The standard InChI is InChI=1S/C14H16N4O3.H3N/c1-8(2)18-11-4-3-10(5-9(11)6-16-18)17-7-12(13(15)19)21-14(17)20;/h3-6,8,12H,7H2,1-2H3,(H2,15,19);1H3/t12-;/m1./s1. The summed E-state index contributed by atoms with van der Waals surface area (Å²) in [5, 5.41) is 5.26. The SMILES string of the molecule is CC(C)n1ncc2cc(N3C[C@H](C(N)=O)OC3=O)ccc21.N. The fraction of sp³-hybridized carbons (Fsp3) is 0.357. The van der Waals surface area contributed by atoms with E-state index in [1.807, 2.05) is 22.9 Å². The molecule has 0 aliphatic carbocycles. The Balaban J connectivity index is 0.00000176. The molecule has 0 radical (unpaired) electrons. The van der Waals surface area contributed by atoms with Crippen LogP contribution in [0.1, 0.15) is 19.9 Å². The van der Waals surface area contributed by atoms with Crippen molar-refractivity contribution in [1.29, 1.82) is 0 Å². The summed E-state index contributed by atoms with van der Waals surface area (Å²) in [6, 6.07) is 5.83. The maximum Gasteiger partial charge on any atom is 0.415 e. The minimum atomic E-state index is -0.897. The third-order valence-corrected chi connectivity index (χ3v) is 3.51. The highest BCUT2D eigenvalue weighted by Gasteiger charge is 2.35. The number of hydrogen-bond acceptors (Lipinski definition) is 5. The summed E-state index contributed by atoms with van der Waals surface area (Å²) in [5.74, 6) is -0.639. The molecule has 8 heteroatoms. The van der Waals surface area contributed by atoms with Gasteiger partial charge in [0.2, 0.25) is 0 Å². The molecule has 3 rings (SSSR count). The molecule has 0 saturated carbocycles. The molecule has 2 heterocycles. The smallest absolute Gasteiger partial charge is 0.415 e. The van der Waals surface area contributed by atoms with E-state index in [0.717, 1.165) is 10.9 Å². The molecule has 5 N–H and O–H groups in total. The van der Waals surface area contributed by atoms with Gasteiger partial charge in [0.05, 0.1) is 18.3 Å². The van der Waals surface area contributed by atoms with Gasteiger partial charge in [0.25, 0.3) is 5.91 Å². The van der Waals surface area contributed by atoms with Crippen LogP contribution in [0.15, 0.2) is 24.4 Å². The summed E-state index contributed by atoms with van der Waals surface area (Å²) >= 11 is 0. The van der Waals surface area contributed by atoms with Crippen molar-refractivity contribution >= 4 is 28.6 Å². The van der Waals surface area contributed by atoms with Gasteiger partial charge in [0.1, 0.15) is 0 Å². The Morgan fingerprint density at radius 2 is 2.18 bits per heavy atom. The number of anilines is 1. The minimum Gasteiger partial charge on any atom is -0.434 e. The lowest BCUT2D eigenvalue weighted by Gasteiger charge is -2.13. The molecule has 0 spiro atoms. The van der Waals surface area contributed by atoms with Crippen LogP contribution in [0.2, 0.25) is 0 Å². The minimum absolute atomic E-state index is 0. The second-order valence-electron chi connectivity index (χ2n) is 5.31. The van der Waals surface area contributed by atoms with Crippen molar-refractivity contribution in [2.24, 2.45) is 5.73 Å². The number of carbonyl (C=O) groups is 2. The number of fused-ring (bicyclic) bond motifs is 1. The molecule has 0 bridgehead atoms. The van der Waals surface area contributed by atoms with Crippen molar-refractivity contribution in [3.05, 3.63) is 24.4 Å². The first-order valence-corrected chi connectivity index (χ1v) is 6.72. The van der Waals surface area contributed by atoms with Gasteiger partial charge in [-0.05, 0) is 32.0 Å². The van der Waals surface area contributed by atoms with Crippen LogP contribution >= 0.6 is 0 Å². The molecule has 1 aliphatic heterocycles. The second-order valence-corrected chi connectivity index (χ2v) is 5.31. The highest BCUT2D eigenvalue weighted by molar-refractivity contribution is 5.97. The van der Waals surface area contributed by atoms with Crippen LogP contribution in [0, 0.1) is 0 Å². The zero-order valence-electron chi connectivity index (χ0n) is 12.5. The third-order valence-electron chi connectivity index (χ3n) is 3.51. The Labute approximate surface area is 127 Å². The van der Waals surface area contributed by atoms with E-state index < -0.39 is 18.1 Å². The van der Waals surface area contributed by atoms with E-state index in [1.165, 1.54) is 4.90 Å². The summed E-state index contributed by atoms with van der Waals surface area (Å²) in [6.07, 6.45) is 0.298. The number of rotatable bonds is 3. The first-order valence-electron chi connectivity index (χ1n) is 6.72. The van der Waals surface area contributed by atoms with E-state index in [4.69, 9.17) is 10.5 Å². The van der Waals surface area contributed by atoms with Gasteiger partial charge in [-0.1, -0.05) is 0 Å². The molecule has 1 aromatic carbocycles. The summed E-state index contributed by atoms with van der Waals surface area (Å²) in [7, 11) is 0. The van der Waals surface area contributed by atoms with E-state index in [9.17, 15) is 9.59 Å². The third kappa shape index (κ3) is 2.48. The number of nitrogens with two attached hydrogens (primary N) is 1. The average molecular weight is 305 g/mol. The number of hydrogen-bond donors (Lipinski definition) is 2. The number of aromatic nitrogens is 2. The molecular weight excluding hydrogens is 286 g/mol. The second kappa shape index (κ2) is 5.64. The zero-order valence-corrected chi connectivity index (χ0v) is 12.5. The Morgan fingerprint density at radius 1 is 1.45 bits per heavy atom. The molecule has 1 aliphatic rings. The first-order chi connectivity index (χ1) is 9.97. The van der Waals surface area contributed by atoms with Gasteiger partial charge in [-0.15, -0.1) is 0 Å². The highest BCUT2D eigenvalue weighted by atomic mass is 16.6. The van der Waals surface area contributed by atoms with E-state index in [1.54, 1.807) is 6.20 Å². The summed E-state index contributed by atoms with van der Waals surface area (Å²) < 4.78 is 6.85. The highest BCUT2D eigenvalue weighted by Crippen LogP contribution is 2.27. The largest absolute Gasteiger partial charge is 0.434 e. The Kier molecular flexibility index (Phi) is 4.05. The summed E-state index contributed by atoms with van der Waals surface area (Å²) in [5.41, 5.74) is 6.83. The number of benzene rings is 1. The van der Waals surface area contributed by atoms with Crippen LogP contribution in [0.25, 0.3) is 10.9 Å². The van der Waals surface area contributed by atoms with Gasteiger partial charge in [0.15, 0.2) is 6.10 Å². The van der Waals surface area contributed by atoms with Crippen LogP contribution in [0.4, 0.5) is 10.5 Å². The van der Waals surface area contributed by atoms with Crippen molar-refractivity contribution in [1.82, 2.24) is 15.9 Å². The Bertz CT molecular complexity index is 724. The van der Waals surface area contributed by atoms with Gasteiger partial charge in [0, 0.05) is 17.1 Å².